The Labute approximate surface area is 115 Å². The molecule has 0 aliphatic heterocycles. The van der Waals surface area contributed by atoms with Gasteiger partial charge in [-0.3, -0.25) is 0 Å². The number of nitrogens with zero attached hydrogens (tertiary/aromatic N) is 4. The molecule has 0 spiro atoms. The fourth-order valence-corrected chi connectivity index (χ4v) is 2.11. The smallest absolute Gasteiger partial charge is 0.165 e. The van der Waals surface area contributed by atoms with Crippen LogP contribution in [0.3, 0.4) is 0 Å². The average Bonchev–Trinajstić information content (AvgIpc) is 2.83. The Morgan fingerprint density at radius 2 is 2.00 bits per heavy atom. The van der Waals surface area contributed by atoms with Gasteiger partial charge in [0.15, 0.2) is 11.5 Å². The predicted molar refractivity (Wildman–Crippen MR) is 76.2 cm³/mol. The molecular formula is C13H14N6O. The third-order valence-corrected chi connectivity index (χ3v) is 3.01. The van der Waals surface area contributed by atoms with Gasteiger partial charge in [0.1, 0.15) is 17.6 Å². The van der Waals surface area contributed by atoms with E-state index in [2.05, 4.69) is 15.0 Å². The van der Waals surface area contributed by atoms with Gasteiger partial charge >= 0.3 is 0 Å². The van der Waals surface area contributed by atoms with Crippen LogP contribution in [0.4, 0.5) is 11.5 Å². The van der Waals surface area contributed by atoms with E-state index in [9.17, 15) is 0 Å². The van der Waals surface area contributed by atoms with Gasteiger partial charge in [-0.15, -0.1) is 0 Å². The fraction of sp³-hybridized carbons (Fsp3) is 0.154. The molecule has 102 valence electrons. The first-order valence-electron chi connectivity index (χ1n) is 6.02. The molecule has 1 aromatic carbocycles. The zero-order valence-corrected chi connectivity index (χ0v) is 10.9. The largest absolute Gasteiger partial charge is 0.497 e. The third-order valence-electron chi connectivity index (χ3n) is 3.01. The maximum atomic E-state index is 5.85. The number of hydrogen-bond acceptors (Lipinski definition) is 6. The van der Waals surface area contributed by atoms with Gasteiger partial charge in [0.25, 0.3) is 0 Å². The van der Waals surface area contributed by atoms with Gasteiger partial charge in [0, 0.05) is 11.8 Å². The number of ether oxygens (including phenoxy) is 1. The Balaban J connectivity index is 2.01. The summed E-state index contributed by atoms with van der Waals surface area (Å²) >= 11 is 0. The fourth-order valence-electron chi connectivity index (χ4n) is 2.11. The molecule has 2 aromatic heterocycles. The summed E-state index contributed by atoms with van der Waals surface area (Å²) in [7, 11) is 1.61. The van der Waals surface area contributed by atoms with Crippen LogP contribution in [-0.4, -0.2) is 26.6 Å². The molecule has 0 saturated heterocycles. The first kappa shape index (κ1) is 12.2. The van der Waals surface area contributed by atoms with Crippen molar-refractivity contribution < 1.29 is 4.74 Å². The lowest BCUT2D eigenvalue weighted by Crippen LogP contribution is -2.02. The standard InChI is InChI=1S/C13H14N6O/c1-20-10-3-8(2-9(14)4-10)5-19-7-18-11-12(15)16-6-17-13(11)19/h2-4,6-7H,5,14H2,1H3,(H2,15,16,17). The Kier molecular flexibility index (Phi) is 2.86. The Hall–Kier alpha value is -2.83. The van der Waals surface area contributed by atoms with Crippen LogP contribution < -0.4 is 16.2 Å². The lowest BCUT2D eigenvalue weighted by Gasteiger charge is -2.08. The maximum absolute atomic E-state index is 5.85. The molecule has 0 unspecified atom stereocenters. The molecule has 0 saturated carbocycles. The lowest BCUT2D eigenvalue weighted by molar-refractivity contribution is 0.414. The number of rotatable bonds is 3. The molecule has 0 fully saturated rings. The highest BCUT2D eigenvalue weighted by Crippen LogP contribution is 2.21. The molecule has 3 rings (SSSR count). The van der Waals surface area contributed by atoms with Crippen molar-refractivity contribution >= 4 is 22.7 Å². The minimum absolute atomic E-state index is 0.374. The van der Waals surface area contributed by atoms with Crippen molar-refractivity contribution in [1.82, 2.24) is 19.5 Å². The minimum Gasteiger partial charge on any atom is -0.497 e. The summed E-state index contributed by atoms with van der Waals surface area (Å²) in [6.45, 7) is 0.578. The second-order valence-corrected chi connectivity index (χ2v) is 4.42. The molecule has 7 heteroatoms. The SMILES string of the molecule is COc1cc(N)cc(Cn2cnc3c(N)ncnc32)c1. The highest BCUT2D eigenvalue weighted by Gasteiger charge is 2.08. The van der Waals surface area contributed by atoms with Crippen LogP contribution in [0.15, 0.2) is 30.9 Å². The minimum atomic E-state index is 0.374. The first-order valence-corrected chi connectivity index (χ1v) is 6.02. The molecule has 0 bridgehead atoms. The number of nitrogens with two attached hydrogens (primary N) is 2. The van der Waals surface area contributed by atoms with E-state index in [0.717, 1.165) is 11.3 Å². The van der Waals surface area contributed by atoms with E-state index in [1.807, 2.05) is 16.7 Å². The molecule has 0 radical (unpaired) electrons. The number of fused-ring (bicyclic) bond motifs is 1. The van der Waals surface area contributed by atoms with Crippen LogP contribution in [0.1, 0.15) is 5.56 Å². The van der Waals surface area contributed by atoms with Crippen LogP contribution in [0.5, 0.6) is 5.75 Å². The van der Waals surface area contributed by atoms with Gasteiger partial charge in [-0.2, -0.15) is 0 Å². The monoisotopic (exact) mass is 270 g/mol. The van der Waals surface area contributed by atoms with Crippen molar-refractivity contribution in [3.05, 3.63) is 36.4 Å². The van der Waals surface area contributed by atoms with E-state index in [4.69, 9.17) is 16.2 Å². The number of aromatic nitrogens is 4. The number of anilines is 2. The van der Waals surface area contributed by atoms with Crippen LogP contribution in [0.25, 0.3) is 11.2 Å². The van der Waals surface area contributed by atoms with Crippen molar-refractivity contribution in [3.63, 3.8) is 0 Å². The van der Waals surface area contributed by atoms with E-state index in [-0.39, 0.29) is 0 Å². The van der Waals surface area contributed by atoms with E-state index < -0.39 is 0 Å². The Bertz CT molecular complexity index is 767. The average molecular weight is 270 g/mol. The van der Waals surface area contributed by atoms with E-state index in [1.54, 1.807) is 19.5 Å². The quantitative estimate of drug-likeness (QED) is 0.689. The molecule has 0 aliphatic rings. The van der Waals surface area contributed by atoms with E-state index in [0.29, 0.717) is 29.2 Å². The molecular weight excluding hydrogens is 256 g/mol. The molecule has 0 amide bonds. The Morgan fingerprint density at radius 3 is 2.80 bits per heavy atom. The maximum Gasteiger partial charge on any atom is 0.165 e. The molecule has 0 aliphatic carbocycles. The number of imidazole rings is 1. The highest BCUT2D eigenvalue weighted by atomic mass is 16.5. The van der Waals surface area contributed by atoms with Crippen LogP contribution in [-0.2, 0) is 6.54 Å². The molecule has 2 heterocycles. The van der Waals surface area contributed by atoms with Crippen molar-refractivity contribution in [3.8, 4) is 5.75 Å². The number of nitrogen functional groups attached to an aromatic ring is 2. The van der Waals surface area contributed by atoms with Gasteiger partial charge < -0.3 is 20.8 Å². The highest BCUT2D eigenvalue weighted by molar-refractivity contribution is 5.81. The third kappa shape index (κ3) is 2.09. The molecule has 20 heavy (non-hydrogen) atoms. The summed E-state index contributed by atoms with van der Waals surface area (Å²) in [5.41, 5.74) is 14.6. The summed E-state index contributed by atoms with van der Waals surface area (Å²) in [4.78, 5) is 12.4. The zero-order valence-electron chi connectivity index (χ0n) is 10.9. The van der Waals surface area contributed by atoms with Gasteiger partial charge in [0.2, 0.25) is 0 Å². The molecule has 4 N–H and O–H groups in total. The van der Waals surface area contributed by atoms with Crippen LogP contribution >= 0.6 is 0 Å². The second kappa shape index (κ2) is 4.69. The molecule has 7 nitrogen and oxygen atoms in total. The van der Waals surface area contributed by atoms with Crippen molar-refractivity contribution in [2.75, 3.05) is 18.6 Å². The summed E-state index contributed by atoms with van der Waals surface area (Å²) in [6.07, 6.45) is 3.11. The van der Waals surface area contributed by atoms with Crippen LogP contribution in [0.2, 0.25) is 0 Å². The van der Waals surface area contributed by atoms with Gasteiger partial charge in [0.05, 0.1) is 20.0 Å². The van der Waals surface area contributed by atoms with Crippen LogP contribution in [0, 0.1) is 0 Å². The number of hydrogen-bond donors (Lipinski definition) is 2. The Morgan fingerprint density at radius 1 is 1.15 bits per heavy atom. The molecule has 3 aromatic rings. The normalized spacial score (nSPS) is 10.8. The predicted octanol–water partition coefficient (Wildman–Crippen LogP) is 1.05. The summed E-state index contributed by atoms with van der Waals surface area (Å²) < 4.78 is 7.10. The van der Waals surface area contributed by atoms with E-state index >= 15 is 0 Å². The van der Waals surface area contributed by atoms with Crippen molar-refractivity contribution in [1.29, 1.82) is 0 Å². The summed E-state index contributed by atoms with van der Waals surface area (Å²) in [5.74, 6) is 1.09. The van der Waals surface area contributed by atoms with Crippen molar-refractivity contribution in [2.45, 2.75) is 6.54 Å². The van der Waals surface area contributed by atoms with Gasteiger partial charge in [-0.05, 0) is 17.7 Å². The first-order chi connectivity index (χ1) is 9.67. The summed E-state index contributed by atoms with van der Waals surface area (Å²) in [6, 6.07) is 5.58. The number of methoxy groups -OCH3 is 1. The second-order valence-electron chi connectivity index (χ2n) is 4.42. The van der Waals surface area contributed by atoms with Gasteiger partial charge in [-0.1, -0.05) is 0 Å². The number of benzene rings is 1. The topological polar surface area (TPSA) is 105 Å². The van der Waals surface area contributed by atoms with Crippen molar-refractivity contribution in [2.24, 2.45) is 0 Å². The lowest BCUT2D eigenvalue weighted by atomic mass is 10.2. The molecule has 0 atom stereocenters. The van der Waals surface area contributed by atoms with Gasteiger partial charge in [-0.25, -0.2) is 15.0 Å². The zero-order chi connectivity index (χ0) is 14.1. The van der Waals surface area contributed by atoms with E-state index in [1.165, 1.54) is 6.33 Å². The summed E-state index contributed by atoms with van der Waals surface area (Å²) in [5, 5.41) is 0.